The van der Waals surface area contributed by atoms with Gasteiger partial charge in [-0.2, -0.15) is 0 Å². The third-order valence-corrected chi connectivity index (χ3v) is 3.86. The van der Waals surface area contributed by atoms with Crippen LogP contribution >= 0.6 is 0 Å². The number of rotatable bonds is 7. The number of likely N-dealkylation sites (N-methyl/N-ethyl adjacent to an activating group) is 1. The SMILES string of the molecule is CC(=O)Oc1ccc(C[C@@H](C(=O)O)N(C)C(=O)OCc2ccccc2)cc1. The number of amides is 1. The molecule has 7 heteroatoms. The molecule has 1 amide bonds. The Kier molecular flexibility index (Phi) is 6.93. The Balaban J connectivity index is 1.99. The molecule has 0 heterocycles. The van der Waals surface area contributed by atoms with Crippen LogP contribution in [0.25, 0.3) is 0 Å². The molecule has 0 aliphatic carbocycles. The first-order valence-corrected chi connectivity index (χ1v) is 8.30. The zero-order valence-corrected chi connectivity index (χ0v) is 15.1. The fraction of sp³-hybridized carbons (Fsp3) is 0.250. The smallest absolute Gasteiger partial charge is 0.410 e. The molecule has 0 aliphatic heterocycles. The number of esters is 1. The molecular formula is C20H21NO6. The van der Waals surface area contributed by atoms with E-state index in [1.807, 2.05) is 30.3 Å². The normalized spacial score (nSPS) is 11.3. The third kappa shape index (κ3) is 6.14. The van der Waals surface area contributed by atoms with Gasteiger partial charge in [0.1, 0.15) is 18.4 Å². The van der Waals surface area contributed by atoms with Crippen molar-refractivity contribution >= 4 is 18.0 Å². The molecule has 0 aromatic heterocycles. The van der Waals surface area contributed by atoms with Gasteiger partial charge in [0, 0.05) is 20.4 Å². The first-order chi connectivity index (χ1) is 12.9. The Morgan fingerprint density at radius 3 is 2.19 bits per heavy atom. The summed E-state index contributed by atoms with van der Waals surface area (Å²) in [7, 11) is 1.39. The lowest BCUT2D eigenvalue weighted by molar-refractivity contribution is -0.142. The van der Waals surface area contributed by atoms with Crippen molar-refractivity contribution in [3.05, 3.63) is 65.7 Å². The lowest BCUT2D eigenvalue weighted by Gasteiger charge is -2.24. The van der Waals surface area contributed by atoms with E-state index in [1.54, 1.807) is 24.3 Å². The quantitative estimate of drug-likeness (QED) is 0.594. The van der Waals surface area contributed by atoms with Crippen LogP contribution in [0.2, 0.25) is 0 Å². The molecule has 142 valence electrons. The van der Waals surface area contributed by atoms with Crippen LogP contribution in [0.3, 0.4) is 0 Å². The zero-order valence-electron chi connectivity index (χ0n) is 15.1. The molecule has 1 N–H and O–H groups in total. The fourth-order valence-corrected chi connectivity index (χ4v) is 2.42. The number of hydrogen-bond acceptors (Lipinski definition) is 5. The summed E-state index contributed by atoms with van der Waals surface area (Å²) in [5.74, 6) is -1.21. The van der Waals surface area contributed by atoms with Crippen LogP contribution < -0.4 is 4.74 Å². The van der Waals surface area contributed by atoms with Gasteiger partial charge in [-0.25, -0.2) is 9.59 Å². The maximum atomic E-state index is 12.2. The van der Waals surface area contributed by atoms with E-state index in [0.717, 1.165) is 10.5 Å². The summed E-state index contributed by atoms with van der Waals surface area (Å²) < 4.78 is 10.1. The van der Waals surface area contributed by atoms with Gasteiger partial charge in [0.2, 0.25) is 0 Å². The number of ether oxygens (including phenoxy) is 2. The summed E-state index contributed by atoms with van der Waals surface area (Å²) in [6, 6.07) is 14.5. The Hall–Kier alpha value is -3.35. The molecule has 2 aromatic rings. The summed E-state index contributed by atoms with van der Waals surface area (Å²) in [5, 5.41) is 9.49. The first kappa shape index (κ1) is 20.0. The van der Waals surface area contributed by atoms with Gasteiger partial charge in [-0.3, -0.25) is 9.69 Å². The number of aliphatic carboxylic acids is 1. The maximum absolute atomic E-state index is 12.2. The van der Waals surface area contributed by atoms with Gasteiger partial charge in [-0.05, 0) is 23.3 Å². The molecule has 2 rings (SSSR count). The molecule has 0 bridgehead atoms. The Morgan fingerprint density at radius 2 is 1.63 bits per heavy atom. The van der Waals surface area contributed by atoms with Gasteiger partial charge in [-0.1, -0.05) is 42.5 Å². The lowest BCUT2D eigenvalue weighted by atomic mass is 10.1. The topological polar surface area (TPSA) is 93.1 Å². The highest BCUT2D eigenvalue weighted by molar-refractivity contribution is 5.80. The molecule has 0 fully saturated rings. The van der Waals surface area contributed by atoms with Crippen LogP contribution in [-0.2, 0) is 27.4 Å². The molecule has 0 aliphatic rings. The zero-order chi connectivity index (χ0) is 19.8. The second kappa shape index (κ2) is 9.38. The average molecular weight is 371 g/mol. The van der Waals surface area contributed by atoms with Crippen LogP contribution in [0.4, 0.5) is 4.79 Å². The number of carbonyl (C=O) groups is 3. The van der Waals surface area contributed by atoms with Crippen molar-refractivity contribution in [2.24, 2.45) is 0 Å². The van der Waals surface area contributed by atoms with Crippen LogP contribution in [0.1, 0.15) is 18.1 Å². The molecule has 2 aromatic carbocycles. The van der Waals surface area contributed by atoms with Crippen LogP contribution in [0.5, 0.6) is 5.75 Å². The molecular weight excluding hydrogens is 350 g/mol. The number of nitrogens with zero attached hydrogens (tertiary/aromatic N) is 1. The largest absolute Gasteiger partial charge is 0.480 e. The van der Waals surface area contributed by atoms with Crippen molar-refractivity contribution in [2.75, 3.05) is 7.05 Å². The minimum atomic E-state index is -1.14. The monoisotopic (exact) mass is 371 g/mol. The second-order valence-electron chi connectivity index (χ2n) is 5.95. The van der Waals surface area contributed by atoms with Crippen molar-refractivity contribution in [1.29, 1.82) is 0 Å². The summed E-state index contributed by atoms with van der Waals surface area (Å²) in [6.07, 6.45) is -0.630. The van der Waals surface area contributed by atoms with Crippen molar-refractivity contribution < 1.29 is 29.0 Å². The Bertz CT molecular complexity index is 788. The average Bonchev–Trinajstić information content (AvgIpc) is 2.65. The van der Waals surface area contributed by atoms with Crippen molar-refractivity contribution in [1.82, 2.24) is 4.90 Å². The second-order valence-corrected chi connectivity index (χ2v) is 5.95. The molecule has 1 atom stereocenters. The van der Waals surface area contributed by atoms with Crippen LogP contribution in [0, 0.1) is 0 Å². The molecule has 0 unspecified atom stereocenters. The number of benzene rings is 2. The van der Waals surface area contributed by atoms with Crippen LogP contribution in [0.15, 0.2) is 54.6 Å². The number of carbonyl (C=O) groups excluding carboxylic acids is 2. The van der Waals surface area contributed by atoms with Gasteiger partial charge >= 0.3 is 18.0 Å². The fourth-order valence-electron chi connectivity index (χ4n) is 2.42. The van der Waals surface area contributed by atoms with Crippen molar-refractivity contribution in [2.45, 2.75) is 26.0 Å². The van der Waals surface area contributed by atoms with Crippen molar-refractivity contribution in [3.63, 3.8) is 0 Å². The highest BCUT2D eigenvalue weighted by Crippen LogP contribution is 2.16. The number of carboxylic acids is 1. The molecule has 27 heavy (non-hydrogen) atoms. The summed E-state index contributed by atoms with van der Waals surface area (Å²) in [4.78, 5) is 35.8. The van der Waals surface area contributed by atoms with Gasteiger partial charge in [0.05, 0.1) is 0 Å². The molecule has 7 nitrogen and oxygen atoms in total. The van der Waals surface area contributed by atoms with E-state index in [0.29, 0.717) is 11.3 Å². The molecule has 0 radical (unpaired) electrons. The summed E-state index contributed by atoms with van der Waals surface area (Å²) in [5.41, 5.74) is 1.49. The van der Waals surface area contributed by atoms with E-state index in [1.165, 1.54) is 14.0 Å². The maximum Gasteiger partial charge on any atom is 0.410 e. The number of carboxylic acid groups (broad SMARTS) is 1. The van der Waals surface area contributed by atoms with Crippen molar-refractivity contribution in [3.8, 4) is 5.75 Å². The van der Waals surface area contributed by atoms with Gasteiger partial charge in [-0.15, -0.1) is 0 Å². The first-order valence-electron chi connectivity index (χ1n) is 8.30. The summed E-state index contributed by atoms with van der Waals surface area (Å²) >= 11 is 0. The standard InChI is InChI=1S/C20H21NO6/c1-14(22)27-17-10-8-15(9-11-17)12-18(19(23)24)21(2)20(25)26-13-16-6-4-3-5-7-16/h3-11,18H,12-13H2,1-2H3,(H,23,24)/t18-/m0/s1. The number of hydrogen-bond donors (Lipinski definition) is 1. The van der Waals surface area contributed by atoms with E-state index in [4.69, 9.17) is 9.47 Å². The van der Waals surface area contributed by atoms with Gasteiger partial charge in [0.15, 0.2) is 0 Å². The van der Waals surface area contributed by atoms with E-state index < -0.39 is 24.1 Å². The highest BCUT2D eigenvalue weighted by Gasteiger charge is 2.28. The van der Waals surface area contributed by atoms with E-state index in [9.17, 15) is 19.5 Å². The lowest BCUT2D eigenvalue weighted by Crippen LogP contribution is -2.44. The Labute approximate surface area is 157 Å². The Morgan fingerprint density at radius 1 is 1.00 bits per heavy atom. The van der Waals surface area contributed by atoms with Gasteiger partial charge in [0.25, 0.3) is 0 Å². The molecule has 0 saturated heterocycles. The third-order valence-electron chi connectivity index (χ3n) is 3.86. The van der Waals surface area contributed by atoms with E-state index in [-0.39, 0.29) is 13.0 Å². The molecule has 0 spiro atoms. The minimum absolute atomic E-state index is 0.0629. The van der Waals surface area contributed by atoms with Crippen LogP contribution in [-0.4, -0.2) is 41.1 Å². The minimum Gasteiger partial charge on any atom is -0.480 e. The molecule has 0 saturated carbocycles. The predicted octanol–water partition coefficient (Wildman–Crippen LogP) is 2.88. The predicted molar refractivity (Wildman–Crippen MR) is 97.3 cm³/mol. The van der Waals surface area contributed by atoms with E-state index in [2.05, 4.69) is 0 Å². The van der Waals surface area contributed by atoms with E-state index >= 15 is 0 Å². The van der Waals surface area contributed by atoms with Gasteiger partial charge < -0.3 is 14.6 Å². The highest BCUT2D eigenvalue weighted by atomic mass is 16.6. The summed E-state index contributed by atoms with van der Waals surface area (Å²) in [6.45, 7) is 1.36.